The molecule has 86 valence electrons. The highest BCUT2D eigenvalue weighted by molar-refractivity contribution is 5.79. The molecule has 1 aliphatic rings. The van der Waals surface area contributed by atoms with Crippen molar-refractivity contribution in [1.29, 1.82) is 0 Å². The third-order valence-corrected chi connectivity index (χ3v) is 3.10. The van der Waals surface area contributed by atoms with Crippen LogP contribution >= 0.6 is 0 Å². The van der Waals surface area contributed by atoms with Gasteiger partial charge < -0.3 is 5.32 Å². The SMILES string of the molecule is O=C(NCCc1ccc(F)cc1)C1CCC1. The summed E-state index contributed by atoms with van der Waals surface area (Å²) in [5, 5.41) is 2.92. The van der Waals surface area contributed by atoms with Crippen molar-refractivity contribution in [2.24, 2.45) is 5.92 Å². The molecule has 1 N–H and O–H groups in total. The van der Waals surface area contributed by atoms with Crippen LogP contribution in [0.15, 0.2) is 24.3 Å². The number of hydrogen-bond donors (Lipinski definition) is 1. The van der Waals surface area contributed by atoms with Gasteiger partial charge in [0.25, 0.3) is 0 Å². The summed E-state index contributed by atoms with van der Waals surface area (Å²) in [5.41, 5.74) is 1.05. The number of carbonyl (C=O) groups excluding carboxylic acids is 1. The Labute approximate surface area is 94.9 Å². The zero-order valence-corrected chi connectivity index (χ0v) is 9.21. The third-order valence-electron chi connectivity index (χ3n) is 3.10. The lowest BCUT2D eigenvalue weighted by Gasteiger charge is -2.23. The van der Waals surface area contributed by atoms with Gasteiger partial charge in [0.1, 0.15) is 5.82 Å². The molecular weight excluding hydrogens is 205 g/mol. The summed E-state index contributed by atoms with van der Waals surface area (Å²) in [4.78, 5) is 11.5. The van der Waals surface area contributed by atoms with Gasteiger partial charge in [0, 0.05) is 12.5 Å². The zero-order valence-electron chi connectivity index (χ0n) is 9.21. The molecule has 2 nitrogen and oxygen atoms in total. The average molecular weight is 221 g/mol. The second kappa shape index (κ2) is 5.10. The molecule has 1 amide bonds. The highest BCUT2D eigenvalue weighted by atomic mass is 19.1. The lowest BCUT2D eigenvalue weighted by molar-refractivity contribution is -0.127. The van der Waals surface area contributed by atoms with Crippen LogP contribution in [0, 0.1) is 11.7 Å². The van der Waals surface area contributed by atoms with Gasteiger partial charge in [-0.05, 0) is 37.0 Å². The predicted molar refractivity (Wildman–Crippen MR) is 60.5 cm³/mol. The molecular formula is C13H16FNO. The first-order chi connectivity index (χ1) is 7.75. The summed E-state index contributed by atoms with van der Waals surface area (Å²) in [7, 11) is 0. The molecule has 3 heteroatoms. The molecule has 0 aliphatic heterocycles. The van der Waals surface area contributed by atoms with Gasteiger partial charge in [0.2, 0.25) is 5.91 Å². The normalized spacial score (nSPS) is 15.6. The Hall–Kier alpha value is -1.38. The number of hydrogen-bond acceptors (Lipinski definition) is 1. The van der Waals surface area contributed by atoms with Crippen molar-refractivity contribution >= 4 is 5.91 Å². The molecule has 0 aromatic heterocycles. The molecule has 0 bridgehead atoms. The van der Waals surface area contributed by atoms with Gasteiger partial charge in [-0.3, -0.25) is 4.79 Å². The van der Waals surface area contributed by atoms with E-state index in [1.54, 1.807) is 12.1 Å². The van der Waals surface area contributed by atoms with E-state index in [4.69, 9.17) is 0 Å². The first-order valence-electron chi connectivity index (χ1n) is 5.78. The summed E-state index contributed by atoms with van der Waals surface area (Å²) in [6, 6.07) is 6.40. The fraction of sp³-hybridized carbons (Fsp3) is 0.462. The van der Waals surface area contributed by atoms with Gasteiger partial charge in [-0.25, -0.2) is 4.39 Å². The van der Waals surface area contributed by atoms with E-state index in [9.17, 15) is 9.18 Å². The molecule has 0 heterocycles. The summed E-state index contributed by atoms with van der Waals surface area (Å²) in [5.74, 6) is 0.198. The number of carbonyl (C=O) groups is 1. The quantitative estimate of drug-likeness (QED) is 0.830. The first kappa shape index (κ1) is 11.1. The molecule has 1 fully saturated rings. The molecule has 1 saturated carbocycles. The van der Waals surface area contributed by atoms with E-state index in [0.29, 0.717) is 6.54 Å². The number of nitrogens with one attached hydrogen (secondary N) is 1. The summed E-state index contributed by atoms with van der Waals surface area (Å²) < 4.78 is 12.6. The predicted octanol–water partition coefficient (Wildman–Crippen LogP) is 2.28. The van der Waals surface area contributed by atoms with Crippen LogP contribution in [-0.4, -0.2) is 12.5 Å². The van der Waals surface area contributed by atoms with E-state index in [2.05, 4.69) is 5.32 Å². The van der Waals surface area contributed by atoms with Crippen LogP contribution in [0.25, 0.3) is 0 Å². The fourth-order valence-corrected chi connectivity index (χ4v) is 1.80. The Morgan fingerprint density at radius 1 is 1.31 bits per heavy atom. The third kappa shape index (κ3) is 2.81. The molecule has 1 aromatic rings. The van der Waals surface area contributed by atoms with E-state index in [0.717, 1.165) is 24.8 Å². The molecule has 1 aliphatic carbocycles. The first-order valence-corrected chi connectivity index (χ1v) is 5.78. The zero-order chi connectivity index (χ0) is 11.4. The average Bonchev–Trinajstić information content (AvgIpc) is 2.18. The van der Waals surface area contributed by atoms with Crippen molar-refractivity contribution in [3.63, 3.8) is 0 Å². The highest BCUT2D eigenvalue weighted by Crippen LogP contribution is 2.26. The molecule has 0 unspecified atom stereocenters. The lowest BCUT2D eigenvalue weighted by Crippen LogP contribution is -2.35. The Balaban J connectivity index is 1.71. The maximum atomic E-state index is 12.6. The van der Waals surface area contributed by atoms with Gasteiger partial charge in [-0.2, -0.15) is 0 Å². The number of amides is 1. The van der Waals surface area contributed by atoms with Crippen LogP contribution in [-0.2, 0) is 11.2 Å². The molecule has 0 atom stereocenters. The van der Waals surface area contributed by atoms with Gasteiger partial charge >= 0.3 is 0 Å². The summed E-state index contributed by atoms with van der Waals surface area (Å²) >= 11 is 0. The minimum Gasteiger partial charge on any atom is -0.356 e. The maximum Gasteiger partial charge on any atom is 0.223 e. The Morgan fingerprint density at radius 2 is 2.00 bits per heavy atom. The topological polar surface area (TPSA) is 29.1 Å². The molecule has 1 aromatic carbocycles. The van der Waals surface area contributed by atoms with E-state index in [-0.39, 0.29) is 17.6 Å². The monoisotopic (exact) mass is 221 g/mol. The van der Waals surface area contributed by atoms with Crippen molar-refractivity contribution < 1.29 is 9.18 Å². The van der Waals surface area contributed by atoms with Gasteiger partial charge in [-0.15, -0.1) is 0 Å². The Morgan fingerprint density at radius 3 is 2.56 bits per heavy atom. The van der Waals surface area contributed by atoms with Crippen LogP contribution in [0.1, 0.15) is 24.8 Å². The molecule has 0 spiro atoms. The van der Waals surface area contributed by atoms with Crippen molar-refractivity contribution in [1.82, 2.24) is 5.32 Å². The smallest absolute Gasteiger partial charge is 0.223 e. The van der Waals surface area contributed by atoms with E-state index >= 15 is 0 Å². The summed E-state index contributed by atoms with van der Waals surface area (Å²) in [6.07, 6.45) is 4.00. The lowest BCUT2D eigenvalue weighted by atomic mass is 9.85. The van der Waals surface area contributed by atoms with Gasteiger partial charge in [-0.1, -0.05) is 18.6 Å². The molecule has 0 radical (unpaired) electrons. The van der Waals surface area contributed by atoms with Crippen molar-refractivity contribution in [2.45, 2.75) is 25.7 Å². The Kier molecular flexibility index (Phi) is 3.54. The van der Waals surface area contributed by atoms with Crippen molar-refractivity contribution in [3.8, 4) is 0 Å². The van der Waals surface area contributed by atoms with E-state index in [1.807, 2.05) is 0 Å². The van der Waals surface area contributed by atoms with Crippen LogP contribution in [0.3, 0.4) is 0 Å². The number of rotatable bonds is 4. The van der Waals surface area contributed by atoms with Crippen molar-refractivity contribution in [3.05, 3.63) is 35.6 Å². The van der Waals surface area contributed by atoms with Gasteiger partial charge in [0.05, 0.1) is 0 Å². The highest BCUT2D eigenvalue weighted by Gasteiger charge is 2.24. The molecule has 0 saturated heterocycles. The van der Waals surface area contributed by atoms with Crippen LogP contribution in [0.4, 0.5) is 4.39 Å². The fourth-order valence-electron chi connectivity index (χ4n) is 1.80. The molecule has 16 heavy (non-hydrogen) atoms. The second-order valence-corrected chi connectivity index (χ2v) is 4.30. The minimum absolute atomic E-state index is 0.174. The van der Waals surface area contributed by atoms with Crippen LogP contribution in [0.5, 0.6) is 0 Å². The standard InChI is InChI=1S/C13H16FNO/c14-12-6-4-10(5-7-12)8-9-15-13(16)11-2-1-3-11/h4-7,11H,1-3,8-9H2,(H,15,16). The minimum atomic E-state index is -0.220. The summed E-state index contributed by atoms with van der Waals surface area (Å²) in [6.45, 7) is 0.640. The maximum absolute atomic E-state index is 12.6. The molecule has 2 rings (SSSR count). The number of halogens is 1. The second-order valence-electron chi connectivity index (χ2n) is 4.30. The van der Waals surface area contributed by atoms with Gasteiger partial charge in [0.15, 0.2) is 0 Å². The van der Waals surface area contributed by atoms with E-state index in [1.165, 1.54) is 18.6 Å². The largest absolute Gasteiger partial charge is 0.356 e. The van der Waals surface area contributed by atoms with Crippen molar-refractivity contribution in [2.75, 3.05) is 6.54 Å². The Bertz CT molecular complexity index is 357. The van der Waals surface area contributed by atoms with Crippen LogP contribution in [0.2, 0.25) is 0 Å². The number of benzene rings is 1. The van der Waals surface area contributed by atoms with E-state index < -0.39 is 0 Å². The van der Waals surface area contributed by atoms with Crippen LogP contribution < -0.4 is 5.32 Å².